The van der Waals surface area contributed by atoms with E-state index >= 15 is 0 Å². The highest BCUT2D eigenvalue weighted by molar-refractivity contribution is 9.10. The zero-order valence-electron chi connectivity index (χ0n) is 12.3. The van der Waals surface area contributed by atoms with Crippen molar-refractivity contribution in [2.45, 2.75) is 26.9 Å². The number of esters is 1. The number of anilines is 1. The zero-order valence-corrected chi connectivity index (χ0v) is 13.9. The molecule has 7 heteroatoms. The van der Waals surface area contributed by atoms with Crippen LogP contribution in [0.15, 0.2) is 33.3 Å². The summed E-state index contributed by atoms with van der Waals surface area (Å²) < 4.78 is 10.9. The van der Waals surface area contributed by atoms with Gasteiger partial charge in [0.15, 0.2) is 6.10 Å². The van der Waals surface area contributed by atoms with Crippen LogP contribution in [0.4, 0.5) is 5.69 Å². The molecule has 1 aromatic heterocycles. The van der Waals surface area contributed by atoms with E-state index in [4.69, 9.17) is 9.26 Å². The maximum atomic E-state index is 12.1. The van der Waals surface area contributed by atoms with E-state index in [1.54, 1.807) is 32.0 Å². The molecule has 22 heavy (non-hydrogen) atoms. The molecule has 2 rings (SSSR count). The van der Waals surface area contributed by atoms with E-state index in [0.717, 1.165) is 4.47 Å². The Balaban J connectivity index is 2.01. The number of halogens is 1. The number of ether oxygens (including phenoxy) is 1. The number of aryl methyl sites for hydroxylation is 2. The standard InChI is InChI=1S/C15H15BrN2O4/c1-8-13(9(2)22-18-8)15(20)21-10(3)14(19)17-12-6-4-5-11(16)7-12/h4-7,10H,1-3H3,(H,17,19)/t10-/m0/s1. The van der Waals surface area contributed by atoms with Gasteiger partial charge < -0.3 is 14.6 Å². The molecule has 6 nitrogen and oxygen atoms in total. The Bertz CT molecular complexity index is 692. The molecular formula is C15H15BrN2O4. The highest BCUT2D eigenvalue weighted by Crippen LogP contribution is 2.17. The summed E-state index contributed by atoms with van der Waals surface area (Å²) in [4.78, 5) is 24.1. The van der Waals surface area contributed by atoms with Gasteiger partial charge in [0, 0.05) is 10.2 Å². The fourth-order valence-corrected chi connectivity index (χ4v) is 2.26. The number of hydrogen-bond acceptors (Lipinski definition) is 5. The van der Waals surface area contributed by atoms with Crippen LogP contribution in [0.2, 0.25) is 0 Å². The molecule has 116 valence electrons. The lowest BCUT2D eigenvalue weighted by Crippen LogP contribution is -2.30. The summed E-state index contributed by atoms with van der Waals surface area (Å²) in [6.07, 6.45) is -0.944. The lowest BCUT2D eigenvalue weighted by Gasteiger charge is -2.13. The Morgan fingerprint density at radius 1 is 1.36 bits per heavy atom. The van der Waals surface area contributed by atoms with Gasteiger partial charge in [0.05, 0.1) is 5.69 Å². The second-order valence-electron chi connectivity index (χ2n) is 4.75. The number of carbonyl (C=O) groups excluding carboxylic acids is 2. The number of amides is 1. The molecule has 1 aromatic carbocycles. The number of nitrogens with zero attached hydrogens (tertiary/aromatic N) is 1. The van der Waals surface area contributed by atoms with Gasteiger partial charge in [-0.2, -0.15) is 0 Å². The smallest absolute Gasteiger partial charge is 0.344 e. The average Bonchev–Trinajstić information content (AvgIpc) is 2.78. The summed E-state index contributed by atoms with van der Waals surface area (Å²) in [6, 6.07) is 7.13. The van der Waals surface area contributed by atoms with Crippen molar-refractivity contribution >= 4 is 33.5 Å². The van der Waals surface area contributed by atoms with Crippen molar-refractivity contribution in [3.63, 3.8) is 0 Å². The van der Waals surface area contributed by atoms with Gasteiger partial charge in [0.2, 0.25) is 0 Å². The predicted molar refractivity (Wildman–Crippen MR) is 83.6 cm³/mol. The normalized spacial score (nSPS) is 11.8. The summed E-state index contributed by atoms with van der Waals surface area (Å²) in [7, 11) is 0. The molecule has 0 saturated carbocycles. The van der Waals surface area contributed by atoms with Crippen LogP contribution in [0, 0.1) is 13.8 Å². The van der Waals surface area contributed by atoms with Crippen LogP contribution in [0.25, 0.3) is 0 Å². The van der Waals surface area contributed by atoms with Gasteiger partial charge in [-0.15, -0.1) is 0 Å². The molecular weight excluding hydrogens is 352 g/mol. The molecule has 0 aliphatic rings. The summed E-state index contributed by atoms with van der Waals surface area (Å²) in [5.74, 6) is -0.687. The topological polar surface area (TPSA) is 81.4 Å². The average molecular weight is 367 g/mol. The van der Waals surface area contributed by atoms with Crippen molar-refractivity contribution < 1.29 is 18.8 Å². The van der Waals surface area contributed by atoms with E-state index in [1.807, 2.05) is 6.07 Å². The minimum absolute atomic E-state index is 0.252. The van der Waals surface area contributed by atoms with Crippen molar-refractivity contribution in [3.8, 4) is 0 Å². The zero-order chi connectivity index (χ0) is 16.3. The predicted octanol–water partition coefficient (Wildman–Crippen LogP) is 3.24. The Hall–Kier alpha value is -2.15. The van der Waals surface area contributed by atoms with E-state index in [9.17, 15) is 9.59 Å². The summed E-state index contributed by atoms with van der Waals surface area (Å²) >= 11 is 3.32. The molecule has 0 saturated heterocycles. The monoisotopic (exact) mass is 366 g/mol. The van der Waals surface area contributed by atoms with Crippen LogP contribution in [0.5, 0.6) is 0 Å². The van der Waals surface area contributed by atoms with Crippen LogP contribution < -0.4 is 5.32 Å². The fraction of sp³-hybridized carbons (Fsp3) is 0.267. The minimum Gasteiger partial charge on any atom is -0.449 e. The van der Waals surface area contributed by atoms with Gasteiger partial charge in [0.1, 0.15) is 11.3 Å². The molecule has 1 N–H and O–H groups in total. The number of rotatable bonds is 4. The van der Waals surface area contributed by atoms with Crippen LogP contribution >= 0.6 is 15.9 Å². The molecule has 0 radical (unpaired) electrons. The van der Waals surface area contributed by atoms with E-state index < -0.39 is 18.0 Å². The molecule has 2 aromatic rings. The maximum Gasteiger partial charge on any atom is 0.344 e. The lowest BCUT2D eigenvalue weighted by molar-refractivity contribution is -0.123. The highest BCUT2D eigenvalue weighted by Gasteiger charge is 2.24. The number of aromatic nitrogens is 1. The van der Waals surface area contributed by atoms with Gasteiger partial charge in [-0.25, -0.2) is 4.79 Å². The first-order valence-electron chi connectivity index (χ1n) is 6.58. The Morgan fingerprint density at radius 2 is 2.09 bits per heavy atom. The number of carbonyl (C=O) groups is 2. The molecule has 0 aliphatic heterocycles. The van der Waals surface area contributed by atoms with Gasteiger partial charge in [-0.1, -0.05) is 27.2 Å². The maximum absolute atomic E-state index is 12.1. The van der Waals surface area contributed by atoms with Crippen LogP contribution in [-0.4, -0.2) is 23.1 Å². The van der Waals surface area contributed by atoms with Crippen molar-refractivity contribution in [3.05, 3.63) is 45.8 Å². The molecule has 0 aliphatic carbocycles. The van der Waals surface area contributed by atoms with E-state index in [0.29, 0.717) is 17.1 Å². The Morgan fingerprint density at radius 3 is 2.68 bits per heavy atom. The second-order valence-corrected chi connectivity index (χ2v) is 5.66. The summed E-state index contributed by atoms with van der Waals surface area (Å²) in [5.41, 5.74) is 1.30. The SMILES string of the molecule is Cc1noc(C)c1C(=O)O[C@@H](C)C(=O)Nc1cccc(Br)c1. The van der Waals surface area contributed by atoms with Crippen LogP contribution in [0.3, 0.4) is 0 Å². The van der Waals surface area contributed by atoms with E-state index in [-0.39, 0.29) is 5.56 Å². The van der Waals surface area contributed by atoms with Gasteiger partial charge >= 0.3 is 5.97 Å². The summed E-state index contributed by atoms with van der Waals surface area (Å²) in [6.45, 7) is 4.76. The van der Waals surface area contributed by atoms with Crippen molar-refractivity contribution in [2.75, 3.05) is 5.32 Å². The van der Waals surface area contributed by atoms with Crippen molar-refractivity contribution in [1.29, 1.82) is 0 Å². The highest BCUT2D eigenvalue weighted by atomic mass is 79.9. The molecule has 0 spiro atoms. The molecule has 0 bridgehead atoms. The van der Waals surface area contributed by atoms with Gasteiger partial charge in [0.25, 0.3) is 5.91 Å². The summed E-state index contributed by atoms with van der Waals surface area (Å²) in [5, 5.41) is 6.36. The van der Waals surface area contributed by atoms with Crippen LogP contribution in [-0.2, 0) is 9.53 Å². The quantitative estimate of drug-likeness (QED) is 0.839. The first-order valence-corrected chi connectivity index (χ1v) is 7.38. The molecule has 0 fully saturated rings. The van der Waals surface area contributed by atoms with Crippen molar-refractivity contribution in [1.82, 2.24) is 5.16 Å². The Kier molecular flexibility index (Phi) is 4.97. The van der Waals surface area contributed by atoms with Crippen molar-refractivity contribution in [2.24, 2.45) is 0 Å². The van der Waals surface area contributed by atoms with E-state index in [2.05, 4.69) is 26.4 Å². The third-order valence-corrected chi connectivity index (χ3v) is 3.48. The van der Waals surface area contributed by atoms with Gasteiger partial charge in [-0.05, 0) is 39.0 Å². The molecule has 1 amide bonds. The third-order valence-electron chi connectivity index (χ3n) is 2.98. The first kappa shape index (κ1) is 16.2. The number of hydrogen-bond donors (Lipinski definition) is 1. The lowest BCUT2D eigenvalue weighted by atomic mass is 10.2. The van der Waals surface area contributed by atoms with Crippen LogP contribution in [0.1, 0.15) is 28.7 Å². The van der Waals surface area contributed by atoms with Gasteiger partial charge in [-0.3, -0.25) is 4.79 Å². The number of benzene rings is 1. The fourth-order valence-electron chi connectivity index (χ4n) is 1.86. The first-order chi connectivity index (χ1) is 10.4. The third kappa shape index (κ3) is 3.73. The second kappa shape index (κ2) is 6.74. The number of nitrogens with one attached hydrogen (secondary N) is 1. The Labute approximate surface area is 135 Å². The largest absolute Gasteiger partial charge is 0.449 e. The molecule has 1 atom stereocenters. The molecule has 1 heterocycles. The van der Waals surface area contributed by atoms with E-state index in [1.165, 1.54) is 6.92 Å². The minimum atomic E-state index is -0.944. The molecule has 0 unspecified atom stereocenters.